The summed E-state index contributed by atoms with van der Waals surface area (Å²) in [7, 11) is 0. The molecule has 1 aromatic rings. The zero-order valence-electron chi connectivity index (χ0n) is 9.24. The fraction of sp³-hybridized carbons (Fsp3) is 0.417. The summed E-state index contributed by atoms with van der Waals surface area (Å²) in [5.74, 6) is -1.41. The lowest BCUT2D eigenvalue weighted by Gasteiger charge is -2.19. The summed E-state index contributed by atoms with van der Waals surface area (Å²) in [6.45, 7) is 1.83. The molecule has 0 aliphatic rings. The van der Waals surface area contributed by atoms with E-state index in [9.17, 15) is 9.18 Å². The molecule has 4 heteroatoms. The number of rotatable bonds is 6. The van der Waals surface area contributed by atoms with Gasteiger partial charge in [0.25, 0.3) is 0 Å². The number of halogens is 1. The molecule has 2 N–H and O–H groups in total. The van der Waals surface area contributed by atoms with Crippen LogP contribution < -0.4 is 5.32 Å². The smallest absolute Gasteiger partial charge is 0.342 e. The fourth-order valence-corrected chi connectivity index (χ4v) is 1.35. The Morgan fingerprint density at radius 1 is 1.44 bits per heavy atom. The predicted molar refractivity (Wildman–Crippen MR) is 59.9 cm³/mol. The molecule has 0 saturated heterocycles. The number of carboxylic acids is 1. The molecule has 0 saturated carbocycles. The lowest BCUT2D eigenvalue weighted by atomic mass is 10.0. The molecule has 0 bridgehead atoms. The molecule has 0 heterocycles. The molecule has 1 unspecified atom stereocenters. The van der Waals surface area contributed by atoms with Crippen LogP contribution in [-0.4, -0.2) is 23.3 Å². The minimum absolute atomic E-state index is 0.0376. The van der Waals surface area contributed by atoms with Gasteiger partial charge in [-0.25, -0.2) is 9.18 Å². The third kappa shape index (κ3) is 3.31. The van der Waals surface area contributed by atoms with Crippen LogP contribution >= 0.6 is 0 Å². The molecule has 0 amide bonds. The molecule has 0 spiro atoms. The molecule has 0 aliphatic carbocycles. The highest BCUT2D eigenvalue weighted by Gasteiger charge is 2.36. The van der Waals surface area contributed by atoms with Gasteiger partial charge in [-0.3, -0.25) is 0 Å². The van der Waals surface area contributed by atoms with Crippen molar-refractivity contribution in [3.05, 3.63) is 35.9 Å². The van der Waals surface area contributed by atoms with Crippen LogP contribution in [0.1, 0.15) is 18.9 Å². The number of nitrogens with one attached hydrogen (secondary N) is 1. The molecule has 1 rings (SSSR count). The van der Waals surface area contributed by atoms with Gasteiger partial charge < -0.3 is 10.4 Å². The first-order chi connectivity index (χ1) is 7.58. The van der Waals surface area contributed by atoms with Gasteiger partial charge in [-0.05, 0) is 12.0 Å². The van der Waals surface area contributed by atoms with E-state index in [1.807, 2.05) is 30.3 Å². The van der Waals surface area contributed by atoms with Crippen LogP contribution in [-0.2, 0) is 11.3 Å². The molecule has 3 nitrogen and oxygen atoms in total. The average molecular weight is 225 g/mol. The molecule has 0 radical (unpaired) electrons. The van der Waals surface area contributed by atoms with Crippen LogP contribution in [0, 0.1) is 0 Å². The average Bonchev–Trinajstić information content (AvgIpc) is 2.30. The van der Waals surface area contributed by atoms with Gasteiger partial charge in [0.2, 0.25) is 5.67 Å². The lowest BCUT2D eigenvalue weighted by molar-refractivity contribution is -0.150. The summed E-state index contributed by atoms with van der Waals surface area (Å²) in [5, 5.41) is 11.5. The first-order valence-corrected chi connectivity index (χ1v) is 5.25. The lowest BCUT2D eigenvalue weighted by Crippen LogP contribution is -2.43. The Kier molecular flexibility index (Phi) is 4.43. The van der Waals surface area contributed by atoms with E-state index in [1.54, 1.807) is 0 Å². The van der Waals surface area contributed by atoms with Crippen molar-refractivity contribution in [3.63, 3.8) is 0 Å². The van der Waals surface area contributed by atoms with Gasteiger partial charge in [0.15, 0.2) is 0 Å². The van der Waals surface area contributed by atoms with Crippen LogP contribution in [0.15, 0.2) is 30.3 Å². The topological polar surface area (TPSA) is 49.3 Å². The van der Waals surface area contributed by atoms with Crippen molar-refractivity contribution in [1.82, 2.24) is 5.32 Å². The van der Waals surface area contributed by atoms with E-state index in [-0.39, 0.29) is 13.0 Å². The molecule has 1 aromatic carbocycles. The molecule has 16 heavy (non-hydrogen) atoms. The highest BCUT2D eigenvalue weighted by molar-refractivity contribution is 5.77. The zero-order valence-corrected chi connectivity index (χ0v) is 9.24. The quantitative estimate of drug-likeness (QED) is 0.778. The highest BCUT2D eigenvalue weighted by Crippen LogP contribution is 2.15. The van der Waals surface area contributed by atoms with Crippen molar-refractivity contribution in [2.75, 3.05) is 6.54 Å². The molecular weight excluding hydrogens is 209 g/mol. The Bertz CT molecular complexity index is 342. The van der Waals surface area contributed by atoms with Gasteiger partial charge in [-0.2, -0.15) is 0 Å². The van der Waals surface area contributed by atoms with E-state index in [1.165, 1.54) is 6.92 Å². The van der Waals surface area contributed by atoms with Gasteiger partial charge >= 0.3 is 5.97 Å². The van der Waals surface area contributed by atoms with E-state index in [4.69, 9.17) is 5.11 Å². The first kappa shape index (κ1) is 12.6. The SMILES string of the molecule is CCC(F)(CNCc1ccccc1)C(=O)O. The fourth-order valence-electron chi connectivity index (χ4n) is 1.35. The maximum Gasteiger partial charge on any atom is 0.342 e. The third-order valence-electron chi connectivity index (χ3n) is 2.52. The van der Waals surface area contributed by atoms with E-state index in [0.29, 0.717) is 6.54 Å². The third-order valence-corrected chi connectivity index (χ3v) is 2.52. The second kappa shape index (κ2) is 5.61. The second-order valence-electron chi connectivity index (χ2n) is 3.71. The van der Waals surface area contributed by atoms with E-state index < -0.39 is 11.6 Å². The van der Waals surface area contributed by atoms with Crippen LogP contribution in [0.2, 0.25) is 0 Å². The highest BCUT2D eigenvalue weighted by atomic mass is 19.1. The minimum Gasteiger partial charge on any atom is -0.479 e. The van der Waals surface area contributed by atoms with Crippen molar-refractivity contribution in [3.8, 4) is 0 Å². The van der Waals surface area contributed by atoms with Crippen LogP contribution in [0.5, 0.6) is 0 Å². The summed E-state index contributed by atoms with van der Waals surface area (Å²) in [5.41, 5.74) is -1.17. The van der Waals surface area contributed by atoms with Crippen LogP contribution in [0.3, 0.4) is 0 Å². The number of carbonyl (C=O) groups is 1. The van der Waals surface area contributed by atoms with Gasteiger partial charge in [0, 0.05) is 13.1 Å². The molecule has 0 aromatic heterocycles. The largest absolute Gasteiger partial charge is 0.479 e. The first-order valence-electron chi connectivity index (χ1n) is 5.25. The Hall–Kier alpha value is -1.42. The van der Waals surface area contributed by atoms with Gasteiger partial charge in [0.1, 0.15) is 0 Å². The monoisotopic (exact) mass is 225 g/mol. The second-order valence-corrected chi connectivity index (χ2v) is 3.71. The summed E-state index contributed by atoms with van der Waals surface area (Å²) >= 11 is 0. The Morgan fingerprint density at radius 3 is 2.56 bits per heavy atom. The normalized spacial score (nSPS) is 14.4. The summed E-state index contributed by atoms with van der Waals surface area (Å²) in [6.07, 6.45) is -0.0376. The number of alkyl halides is 1. The molecule has 0 aliphatic heterocycles. The Labute approximate surface area is 94.3 Å². The van der Waals surface area contributed by atoms with Crippen molar-refractivity contribution in [2.24, 2.45) is 0 Å². The maximum atomic E-state index is 13.7. The summed E-state index contributed by atoms with van der Waals surface area (Å²) < 4.78 is 13.7. The summed E-state index contributed by atoms with van der Waals surface area (Å²) in [4.78, 5) is 10.7. The van der Waals surface area contributed by atoms with Crippen molar-refractivity contribution < 1.29 is 14.3 Å². The van der Waals surface area contributed by atoms with Crippen molar-refractivity contribution >= 4 is 5.97 Å². The van der Waals surface area contributed by atoms with Crippen molar-refractivity contribution in [2.45, 2.75) is 25.6 Å². The Balaban J connectivity index is 2.43. The van der Waals surface area contributed by atoms with Gasteiger partial charge in [-0.15, -0.1) is 0 Å². The van der Waals surface area contributed by atoms with E-state index >= 15 is 0 Å². The standard InChI is InChI=1S/C12H16FNO2/c1-2-12(13,11(15)16)9-14-8-10-6-4-3-5-7-10/h3-7,14H,2,8-9H2,1H3,(H,15,16). The van der Waals surface area contributed by atoms with Gasteiger partial charge in [0.05, 0.1) is 0 Å². The number of aliphatic carboxylic acids is 1. The van der Waals surface area contributed by atoms with Crippen LogP contribution in [0.25, 0.3) is 0 Å². The number of hydrogen-bond acceptors (Lipinski definition) is 2. The van der Waals surface area contributed by atoms with Gasteiger partial charge in [-0.1, -0.05) is 37.3 Å². The molecular formula is C12H16FNO2. The maximum absolute atomic E-state index is 13.7. The number of benzene rings is 1. The van der Waals surface area contributed by atoms with Crippen LogP contribution in [0.4, 0.5) is 4.39 Å². The molecule has 1 atom stereocenters. The van der Waals surface area contributed by atoms with Crippen molar-refractivity contribution in [1.29, 1.82) is 0 Å². The molecule has 0 fully saturated rings. The molecule has 88 valence electrons. The summed E-state index contributed by atoms with van der Waals surface area (Å²) in [6, 6.07) is 9.47. The number of hydrogen-bond donors (Lipinski definition) is 2. The van der Waals surface area contributed by atoms with E-state index in [0.717, 1.165) is 5.56 Å². The predicted octanol–water partition coefficient (Wildman–Crippen LogP) is 1.98. The Morgan fingerprint density at radius 2 is 2.06 bits per heavy atom. The minimum atomic E-state index is -2.17. The zero-order chi connectivity index (χ0) is 12.0. The number of carboxylic acid groups (broad SMARTS) is 1. The van der Waals surface area contributed by atoms with E-state index in [2.05, 4.69) is 5.32 Å².